The summed E-state index contributed by atoms with van der Waals surface area (Å²) in [6.45, 7) is 0.0474. The maximum atomic E-state index is 13.3. The molecule has 3 aromatic carbocycles. The Hall–Kier alpha value is -5.00. The summed E-state index contributed by atoms with van der Waals surface area (Å²) < 4.78 is 39.5. The Morgan fingerprint density at radius 3 is 2.12 bits per heavy atom. The van der Waals surface area contributed by atoms with Gasteiger partial charge in [-0.05, 0) is 47.5 Å². The highest BCUT2D eigenvalue weighted by atomic mass is 16.7. The Balaban J connectivity index is 1.48. The zero-order valence-corrected chi connectivity index (χ0v) is 22.3. The summed E-state index contributed by atoms with van der Waals surface area (Å²) in [5, 5.41) is 11.0. The number of non-ortho nitro benzene ring substituents is 1. The van der Waals surface area contributed by atoms with Crippen molar-refractivity contribution in [1.82, 2.24) is 0 Å². The highest BCUT2D eigenvalue weighted by molar-refractivity contribution is 5.90. The summed E-state index contributed by atoms with van der Waals surface area (Å²) in [5.41, 5.74) is 1.99. The molecule has 6 rings (SSSR count). The molecule has 12 nitrogen and oxygen atoms in total. The van der Waals surface area contributed by atoms with Gasteiger partial charge in [0.05, 0.1) is 44.3 Å². The average Bonchev–Trinajstić information content (AvgIpc) is 3.61. The number of methoxy groups -OCH3 is 3. The van der Waals surface area contributed by atoms with Crippen LogP contribution in [0.15, 0.2) is 48.5 Å². The number of nitro groups is 1. The zero-order valence-electron chi connectivity index (χ0n) is 22.3. The summed E-state index contributed by atoms with van der Waals surface area (Å²) in [6, 6.07) is 12.2. The number of nitro benzene ring substituents is 1. The van der Waals surface area contributed by atoms with Gasteiger partial charge in [-0.25, -0.2) is 4.79 Å². The van der Waals surface area contributed by atoms with Crippen LogP contribution in [0.1, 0.15) is 39.1 Å². The molecular formula is C29H25NO11. The number of hydrogen-bond donors (Lipinski definition) is 0. The predicted molar refractivity (Wildman–Crippen MR) is 140 cm³/mol. The van der Waals surface area contributed by atoms with Crippen LogP contribution < -0.4 is 23.7 Å². The number of benzene rings is 3. The summed E-state index contributed by atoms with van der Waals surface area (Å²) in [6.07, 6.45) is -0.878. The van der Waals surface area contributed by atoms with Crippen molar-refractivity contribution >= 4 is 17.6 Å². The van der Waals surface area contributed by atoms with Gasteiger partial charge in [-0.1, -0.05) is 0 Å². The number of ether oxygens (including phenoxy) is 7. The van der Waals surface area contributed by atoms with E-state index in [4.69, 9.17) is 33.2 Å². The van der Waals surface area contributed by atoms with Crippen LogP contribution in [0, 0.1) is 22.0 Å². The number of carbonyl (C=O) groups excluding carboxylic acids is 2. The van der Waals surface area contributed by atoms with Gasteiger partial charge < -0.3 is 33.2 Å². The summed E-state index contributed by atoms with van der Waals surface area (Å²) in [4.78, 5) is 37.1. The second-order valence-electron chi connectivity index (χ2n) is 9.72. The van der Waals surface area contributed by atoms with Crippen LogP contribution in [-0.4, -0.2) is 51.6 Å². The second-order valence-corrected chi connectivity index (χ2v) is 9.72. The third kappa shape index (κ3) is 4.31. The van der Waals surface area contributed by atoms with Crippen LogP contribution in [0.25, 0.3) is 0 Å². The fourth-order valence-electron chi connectivity index (χ4n) is 5.85. The van der Waals surface area contributed by atoms with E-state index in [1.807, 2.05) is 0 Å². The van der Waals surface area contributed by atoms with Gasteiger partial charge in [0.2, 0.25) is 12.5 Å². The molecule has 0 unspecified atom stereocenters. The van der Waals surface area contributed by atoms with Gasteiger partial charge in [-0.3, -0.25) is 14.9 Å². The Morgan fingerprint density at radius 2 is 1.54 bits per heavy atom. The van der Waals surface area contributed by atoms with Crippen LogP contribution in [0.4, 0.5) is 5.69 Å². The first-order valence-electron chi connectivity index (χ1n) is 12.7. The van der Waals surface area contributed by atoms with E-state index in [9.17, 15) is 19.7 Å². The second kappa shape index (κ2) is 10.2. The first kappa shape index (κ1) is 26.2. The lowest BCUT2D eigenvalue weighted by Crippen LogP contribution is -2.36. The summed E-state index contributed by atoms with van der Waals surface area (Å²) in [5.74, 6) is -0.729. The van der Waals surface area contributed by atoms with E-state index in [-0.39, 0.29) is 24.7 Å². The van der Waals surface area contributed by atoms with Crippen LogP contribution in [0.2, 0.25) is 0 Å². The van der Waals surface area contributed by atoms with E-state index in [2.05, 4.69) is 0 Å². The molecule has 0 radical (unpaired) electrons. The molecule has 1 saturated heterocycles. The quantitative estimate of drug-likeness (QED) is 0.232. The lowest BCUT2D eigenvalue weighted by atomic mass is 9.66. The minimum absolute atomic E-state index is 0.0230. The van der Waals surface area contributed by atoms with Gasteiger partial charge in [-0.2, -0.15) is 0 Å². The lowest BCUT2D eigenvalue weighted by Gasteiger charge is -2.38. The molecule has 1 aliphatic carbocycles. The van der Waals surface area contributed by atoms with Crippen molar-refractivity contribution in [3.05, 3.63) is 80.9 Å². The molecule has 1 fully saturated rings. The molecular weight excluding hydrogens is 538 g/mol. The zero-order chi connectivity index (χ0) is 28.8. The molecule has 0 saturated carbocycles. The van der Waals surface area contributed by atoms with Crippen LogP contribution >= 0.6 is 0 Å². The maximum Gasteiger partial charge on any atom is 0.338 e. The van der Waals surface area contributed by atoms with Crippen molar-refractivity contribution in [2.45, 2.75) is 12.0 Å². The number of cyclic esters (lactones) is 1. The highest BCUT2D eigenvalue weighted by Gasteiger charge is 2.54. The third-order valence-electron chi connectivity index (χ3n) is 7.71. The first-order valence-corrected chi connectivity index (χ1v) is 12.7. The molecule has 2 aliphatic heterocycles. The fraction of sp³-hybridized carbons (Fsp3) is 0.310. The molecule has 0 N–H and O–H groups in total. The van der Waals surface area contributed by atoms with Gasteiger partial charge in [-0.15, -0.1) is 0 Å². The van der Waals surface area contributed by atoms with Crippen molar-refractivity contribution in [3.63, 3.8) is 0 Å². The monoisotopic (exact) mass is 563 g/mol. The molecule has 12 heteroatoms. The lowest BCUT2D eigenvalue weighted by molar-refractivity contribution is -0.384. The first-order chi connectivity index (χ1) is 19.8. The van der Waals surface area contributed by atoms with Gasteiger partial charge in [0.25, 0.3) is 5.69 Å². The maximum absolute atomic E-state index is 13.3. The van der Waals surface area contributed by atoms with E-state index < -0.39 is 40.7 Å². The molecule has 2 heterocycles. The Labute approximate surface area is 233 Å². The van der Waals surface area contributed by atoms with Gasteiger partial charge in [0.15, 0.2) is 23.0 Å². The molecule has 3 aromatic rings. The van der Waals surface area contributed by atoms with E-state index in [1.165, 1.54) is 45.6 Å². The van der Waals surface area contributed by atoms with E-state index in [1.54, 1.807) is 24.3 Å². The largest absolute Gasteiger partial charge is 0.493 e. The molecule has 3 aliphatic rings. The van der Waals surface area contributed by atoms with Crippen molar-refractivity contribution in [2.24, 2.45) is 11.8 Å². The van der Waals surface area contributed by atoms with Crippen LogP contribution in [-0.2, 0) is 14.3 Å². The van der Waals surface area contributed by atoms with E-state index in [0.717, 1.165) is 0 Å². The number of esters is 2. The van der Waals surface area contributed by atoms with Crippen LogP contribution in [0.3, 0.4) is 0 Å². The average molecular weight is 564 g/mol. The Kier molecular flexibility index (Phi) is 6.52. The van der Waals surface area contributed by atoms with Gasteiger partial charge >= 0.3 is 11.9 Å². The van der Waals surface area contributed by atoms with Crippen molar-refractivity contribution < 1.29 is 47.7 Å². The molecule has 212 valence electrons. The number of rotatable bonds is 7. The summed E-state index contributed by atoms with van der Waals surface area (Å²) >= 11 is 0. The van der Waals surface area contributed by atoms with E-state index in [0.29, 0.717) is 45.4 Å². The minimum atomic E-state index is -0.878. The fourth-order valence-corrected chi connectivity index (χ4v) is 5.85. The minimum Gasteiger partial charge on any atom is -0.493 e. The number of fused-ring (bicyclic) bond motifs is 3. The normalized spacial score (nSPS) is 21.8. The predicted octanol–water partition coefficient (Wildman–Crippen LogP) is 4.18. The Bertz CT molecular complexity index is 1530. The topological polar surface area (TPSA) is 142 Å². The highest BCUT2D eigenvalue weighted by Crippen LogP contribution is 2.56. The van der Waals surface area contributed by atoms with E-state index >= 15 is 0 Å². The standard InChI is InChI=1S/C29H25NO11/c1-35-22-8-15(9-23(36-2)27(22)37-3)24-17-10-20-21(40-13-39-20)11-18(17)26(19-12-38-29(32)25(19)24)41-28(31)14-4-6-16(7-5-14)30(33)34/h4-11,19,24-26H,12-13H2,1-3H3/t19-,24+,25-,26-/m0/s1. The SMILES string of the molecule is COc1cc([C@@H]2c3cc4c(cc3[C@H](OC(=O)c3ccc([N+](=O)[O-])cc3)[C@H]3COC(=O)[C@H]23)OCO4)cc(OC)c1OC. The molecule has 0 aromatic heterocycles. The van der Waals surface area contributed by atoms with Crippen molar-refractivity contribution in [2.75, 3.05) is 34.7 Å². The number of carbonyl (C=O) groups is 2. The van der Waals surface area contributed by atoms with Gasteiger partial charge in [0, 0.05) is 29.5 Å². The molecule has 41 heavy (non-hydrogen) atoms. The third-order valence-corrected chi connectivity index (χ3v) is 7.71. The van der Waals surface area contributed by atoms with Crippen LogP contribution in [0.5, 0.6) is 28.7 Å². The van der Waals surface area contributed by atoms with Gasteiger partial charge in [0.1, 0.15) is 6.10 Å². The number of hydrogen-bond acceptors (Lipinski definition) is 11. The Morgan fingerprint density at radius 1 is 0.902 bits per heavy atom. The van der Waals surface area contributed by atoms with Crippen molar-refractivity contribution in [1.29, 1.82) is 0 Å². The molecule has 0 amide bonds. The number of nitrogens with zero attached hydrogens (tertiary/aromatic N) is 1. The molecule has 0 spiro atoms. The summed E-state index contributed by atoms with van der Waals surface area (Å²) in [7, 11) is 4.52. The smallest absolute Gasteiger partial charge is 0.338 e. The molecule has 0 bridgehead atoms. The molecule has 4 atom stereocenters. The van der Waals surface area contributed by atoms with Crippen molar-refractivity contribution in [3.8, 4) is 28.7 Å².